The van der Waals surface area contributed by atoms with Gasteiger partial charge in [0.2, 0.25) is 10.0 Å². The molecule has 0 unspecified atom stereocenters. The zero-order valence-corrected chi connectivity index (χ0v) is 10.7. The molecule has 0 aliphatic heterocycles. The van der Waals surface area contributed by atoms with Crippen LogP contribution < -0.4 is 16.2 Å². The molecule has 0 aliphatic carbocycles. The number of benzene rings is 1. The average molecular weight is 297 g/mol. The van der Waals surface area contributed by atoms with Gasteiger partial charge in [0.05, 0.1) is 4.90 Å². The van der Waals surface area contributed by atoms with Gasteiger partial charge < -0.3 is 11.1 Å². The number of sulfonamides is 1. The van der Waals surface area contributed by atoms with E-state index in [0.717, 1.165) is 0 Å². The Balaban J connectivity index is 2.67. The minimum Gasteiger partial charge on any atom is -0.399 e. The van der Waals surface area contributed by atoms with Crippen molar-refractivity contribution < 1.29 is 21.6 Å². The second-order valence-corrected chi connectivity index (χ2v) is 5.54. The highest BCUT2D eigenvalue weighted by molar-refractivity contribution is 7.89. The molecule has 1 aromatic carbocycles. The fourth-order valence-electron chi connectivity index (χ4n) is 1.41. The molecule has 0 spiro atoms. The molecule has 19 heavy (non-hydrogen) atoms. The van der Waals surface area contributed by atoms with Crippen LogP contribution in [0.5, 0.6) is 0 Å². The van der Waals surface area contributed by atoms with Crippen molar-refractivity contribution in [2.24, 2.45) is 5.14 Å². The van der Waals surface area contributed by atoms with Crippen LogP contribution >= 0.6 is 0 Å². The second kappa shape index (κ2) is 5.66. The summed E-state index contributed by atoms with van der Waals surface area (Å²) in [6.07, 6.45) is -5.24. The van der Waals surface area contributed by atoms with Gasteiger partial charge in [-0.05, 0) is 24.6 Å². The van der Waals surface area contributed by atoms with Crippen LogP contribution in [0.4, 0.5) is 24.5 Å². The number of hydrogen-bond acceptors (Lipinski definition) is 4. The molecule has 1 rings (SSSR count). The molecule has 0 fully saturated rings. The van der Waals surface area contributed by atoms with E-state index in [1.54, 1.807) is 0 Å². The van der Waals surface area contributed by atoms with E-state index in [2.05, 4.69) is 5.32 Å². The maximum Gasteiger partial charge on any atom is 0.389 e. The van der Waals surface area contributed by atoms with Crippen molar-refractivity contribution in [3.8, 4) is 0 Å². The maximum absolute atomic E-state index is 11.9. The highest BCUT2D eigenvalue weighted by Gasteiger charge is 2.25. The maximum atomic E-state index is 11.9. The van der Waals surface area contributed by atoms with E-state index in [1.165, 1.54) is 18.2 Å². The second-order valence-electron chi connectivity index (χ2n) is 3.98. The van der Waals surface area contributed by atoms with Crippen LogP contribution in [0.2, 0.25) is 0 Å². The summed E-state index contributed by atoms with van der Waals surface area (Å²) < 4.78 is 58.1. The summed E-state index contributed by atoms with van der Waals surface area (Å²) in [7, 11) is -3.90. The van der Waals surface area contributed by atoms with Crippen LogP contribution in [0.15, 0.2) is 23.1 Å². The van der Waals surface area contributed by atoms with Crippen molar-refractivity contribution in [3.63, 3.8) is 0 Å². The lowest BCUT2D eigenvalue weighted by atomic mass is 10.2. The number of nitrogen functional groups attached to an aromatic ring is 1. The Morgan fingerprint density at radius 1 is 1.21 bits per heavy atom. The summed E-state index contributed by atoms with van der Waals surface area (Å²) in [5.41, 5.74) is 5.96. The fraction of sp³-hybridized carbons (Fsp3) is 0.400. The molecule has 0 saturated carbocycles. The molecular weight excluding hydrogens is 283 g/mol. The van der Waals surface area contributed by atoms with Crippen LogP contribution in [-0.4, -0.2) is 21.1 Å². The lowest BCUT2D eigenvalue weighted by Gasteiger charge is -2.10. The van der Waals surface area contributed by atoms with Crippen molar-refractivity contribution in [2.75, 3.05) is 17.6 Å². The van der Waals surface area contributed by atoms with Crippen LogP contribution in [0, 0.1) is 0 Å². The number of hydrogen-bond donors (Lipinski definition) is 3. The minimum absolute atomic E-state index is 0.0486. The number of nitrogens with two attached hydrogens (primary N) is 2. The minimum atomic E-state index is -4.21. The van der Waals surface area contributed by atoms with Gasteiger partial charge in [-0.15, -0.1) is 0 Å². The summed E-state index contributed by atoms with van der Waals surface area (Å²) >= 11 is 0. The van der Waals surface area contributed by atoms with Gasteiger partial charge in [0.1, 0.15) is 0 Å². The first-order valence-corrected chi connectivity index (χ1v) is 6.86. The Kier molecular flexibility index (Phi) is 4.64. The van der Waals surface area contributed by atoms with Crippen LogP contribution in [0.3, 0.4) is 0 Å². The van der Waals surface area contributed by atoms with E-state index < -0.39 is 22.6 Å². The Morgan fingerprint density at radius 2 is 1.84 bits per heavy atom. The van der Waals surface area contributed by atoms with Gasteiger partial charge in [-0.1, -0.05) is 0 Å². The molecule has 0 radical (unpaired) electrons. The smallest absolute Gasteiger partial charge is 0.389 e. The molecule has 9 heteroatoms. The fourth-order valence-corrected chi connectivity index (χ4v) is 2.00. The molecule has 0 heterocycles. The van der Waals surface area contributed by atoms with Gasteiger partial charge in [-0.3, -0.25) is 0 Å². The Labute approximate surface area is 108 Å². The number of halogens is 3. The largest absolute Gasteiger partial charge is 0.399 e. The number of nitrogens with one attached hydrogen (secondary N) is 1. The van der Waals surface area contributed by atoms with Gasteiger partial charge in [-0.25, -0.2) is 13.6 Å². The lowest BCUT2D eigenvalue weighted by molar-refractivity contribution is -0.134. The molecule has 0 amide bonds. The summed E-state index contributed by atoms with van der Waals surface area (Å²) in [5, 5.41) is 7.62. The number of primary sulfonamides is 1. The number of alkyl halides is 3. The van der Waals surface area contributed by atoms with E-state index in [1.807, 2.05) is 0 Å². The molecule has 1 aromatic rings. The van der Waals surface area contributed by atoms with Crippen LogP contribution in [0.1, 0.15) is 12.8 Å². The molecule has 5 N–H and O–H groups in total. The summed E-state index contributed by atoms with van der Waals surface area (Å²) in [6, 6.07) is 3.82. The zero-order chi connectivity index (χ0) is 14.7. The third-order valence-corrected chi connectivity index (χ3v) is 3.12. The molecule has 5 nitrogen and oxygen atoms in total. The zero-order valence-electron chi connectivity index (χ0n) is 9.87. The van der Waals surface area contributed by atoms with E-state index in [9.17, 15) is 21.6 Å². The highest BCUT2D eigenvalue weighted by Crippen LogP contribution is 2.22. The third kappa shape index (κ3) is 5.79. The first-order valence-electron chi connectivity index (χ1n) is 5.32. The van der Waals surface area contributed by atoms with Gasteiger partial charge in [0, 0.05) is 24.3 Å². The summed E-state index contributed by atoms with van der Waals surface area (Å²) in [4.78, 5) is -0.189. The third-order valence-electron chi connectivity index (χ3n) is 2.22. The topological polar surface area (TPSA) is 98.2 Å². The number of rotatable bonds is 5. The first kappa shape index (κ1) is 15.6. The van der Waals surface area contributed by atoms with E-state index in [-0.39, 0.29) is 23.5 Å². The average Bonchev–Trinajstić information content (AvgIpc) is 2.21. The molecule has 0 aromatic heterocycles. The SMILES string of the molecule is Nc1cc(NCCCC(F)(F)F)cc(S(N)(=O)=O)c1. The summed E-state index contributed by atoms with van der Waals surface area (Å²) in [6.45, 7) is 0.0486. The lowest BCUT2D eigenvalue weighted by Crippen LogP contribution is -2.14. The van der Waals surface area contributed by atoms with Gasteiger partial charge in [0.15, 0.2) is 0 Å². The van der Waals surface area contributed by atoms with Crippen molar-refractivity contribution >= 4 is 21.4 Å². The van der Waals surface area contributed by atoms with E-state index in [0.29, 0.717) is 5.69 Å². The van der Waals surface area contributed by atoms with Crippen LogP contribution in [0.25, 0.3) is 0 Å². The highest BCUT2D eigenvalue weighted by atomic mass is 32.2. The Hall–Kier alpha value is -1.48. The quantitative estimate of drug-likeness (QED) is 0.568. The molecule has 0 saturated heterocycles. The van der Waals surface area contributed by atoms with Crippen molar-refractivity contribution in [3.05, 3.63) is 18.2 Å². The molecule has 0 atom stereocenters. The molecular formula is C10H14F3N3O2S. The molecule has 108 valence electrons. The van der Waals surface area contributed by atoms with Crippen LogP contribution in [-0.2, 0) is 10.0 Å². The Morgan fingerprint density at radius 3 is 2.37 bits per heavy atom. The van der Waals surface area contributed by atoms with Gasteiger partial charge >= 0.3 is 6.18 Å². The molecule has 0 bridgehead atoms. The predicted molar refractivity (Wildman–Crippen MR) is 66.0 cm³/mol. The predicted octanol–water partition coefficient (Wildman–Crippen LogP) is 1.67. The van der Waals surface area contributed by atoms with Crippen molar-refractivity contribution in [1.29, 1.82) is 0 Å². The van der Waals surface area contributed by atoms with Crippen molar-refractivity contribution in [2.45, 2.75) is 23.9 Å². The van der Waals surface area contributed by atoms with Gasteiger partial charge in [0.25, 0.3) is 0 Å². The molecule has 0 aliphatic rings. The normalized spacial score (nSPS) is 12.4. The first-order chi connectivity index (χ1) is 8.58. The number of anilines is 2. The van der Waals surface area contributed by atoms with Gasteiger partial charge in [-0.2, -0.15) is 13.2 Å². The van der Waals surface area contributed by atoms with E-state index >= 15 is 0 Å². The Bertz CT molecular complexity index is 543. The standard InChI is InChI=1S/C10H14F3N3O2S/c11-10(12,13)2-1-3-16-8-4-7(14)5-9(6-8)19(15,17)18/h4-6,16H,1-3,14H2,(H2,15,17,18). The van der Waals surface area contributed by atoms with E-state index in [4.69, 9.17) is 10.9 Å². The summed E-state index contributed by atoms with van der Waals surface area (Å²) in [5.74, 6) is 0. The monoisotopic (exact) mass is 297 g/mol. The van der Waals surface area contributed by atoms with Crippen molar-refractivity contribution in [1.82, 2.24) is 0 Å².